The van der Waals surface area contributed by atoms with E-state index in [-0.39, 0.29) is 5.91 Å². The quantitative estimate of drug-likeness (QED) is 0.270. The third-order valence-electron chi connectivity index (χ3n) is 8.96. The lowest BCUT2D eigenvalue weighted by Gasteiger charge is -2.30. The van der Waals surface area contributed by atoms with E-state index in [0.29, 0.717) is 37.6 Å². The largest absolute Gasteiger partial charge is 0.454 e. The molecule has 2 saturated heterocycles. The first-order valence-corrected chi connectivity index (χ1v) is 16.2. The first-order valence-electron chi connectivity index (χ1n) is 16.2. The van der Waals surface area contributed by atoms with Gasteiger partial charge in [0.15, 0.2) is 11.5 Å². The molecule has 2 fully saturated rings. The lowest BCUT2D eigenvalue weighted by Crippen LogP contribution is -2.44. The number of aryl methyl sites for hydroxylation is 1. The summed E-state index contributed by atoms with van der Waals surface area (Å²) in [6.07, 6.45) is 9.89. The number of fused-ring (bicyclic) bond motifs is 1. The van der Waals surface area contributed by atoms with Crippen molar-refractivity contribution in [2.24, 2.45) is 0 Å². The van der Waals surface area contributed by atoms with Crippen LogP contribution in [0.1, 0.15) is 88.7 Å². The van der Waals surface area contributed by atoms with Gasteiger partial charge in [-0.3, -0.25) is 14.5 Å². The molecule has 0 spiro atoms. The lowest BCUT2D eigenvalue weighted by molar-refractivity contribution is -0.870. The predicted molar refractivity (Wildman–Crippen MR) is 163 cm³/mol. The molecule has 0 bridgehead atoms. The normalized spacial score (nSPS) is 20.8. The third kappa shape index (κ3) is 8.84. The van der Waals surface area contributed by atoms with Crippen LogP contribution in [0.15, 0.2) is 12.1 Å². The van der Waals surface area contributed by atoms with E-state index in [1.165, 1.54) is 11.1 Å². The van der Waals surface area contributed by atoms with Crippen molar-refractivity contribution in [3.05, 3.63) is 23.3 Å². The van der Waals surface area contributed by atoms with Crippen molar-refractivity contribution in [1.82, 2.24) is 14.7 Å². The zero-order chi connectivity index (χ0) is 29.4. The summed E-state index contributed by atoms with van der Waals surface area (Å²) in [5.41, 5.74) is 2.54. The van der Waals surface area contributed by atoms with E-state index in [1.54, 1.807) is 0 Å². The average Bonchev–Trinajstić information content (AvgIpc) is 3.66. The van der Waals surface area contributed by atoms with Gasteiger partial charge in [0.2, 0.25) is 18.6 Å². The second-order valence-electron chi connectivity index (χ2n) is 13.4. The fourth-order valence-electron chi connectivity index (χ4n) is 6.70. The molecule has 8 heteroatoms. The standard InChI is InChI=1S/C33H55N4O4/c1-6-8-15-35(18-11-19-37(3,4)5)32(39)24-36-23-28(21-29(36)13-9-16-34-17-10-14-31(34)38)27-20-26(12-7-2)33-30(22-27)40-25-41-33/h20,22,28-29H,6-19,21,23-25H2,1-5H3/q+1. The van der Waals surface area contributed by atoms with Crippen molar-refractivity contribution in [3.8, 4) is 11.5 Å². The van der Waals surface area contributed by atoms with Crippen molar-refractivity contribution in [1.29, 1.82) is 0 Å². The zero-order valence-corrected chi connectivity index (χ0v) is 26.5. The molecule has 41 heavy (non-hydrogen) atoms. The molecule has 0 radical (unpaired) electrons. The number of unbranched alkanes of at least 4 members (excludes halogenated alkanes) is 1. The van der Waals surface area contributed by atoms with E-state index >= 15 is 0 Å². The number of ether oxygens (including phenoxy) is 2. The minimum absolute atomic E-state index is 0.262. The van der Waals surface area contributed by atoms with Crippen molar-refractivity contribution in [3.63, 3.8) is 0 Å². The maximum atomic E-state index is 13.8. The number of amides is 2. The van der Waals surface area contributed by atoms with Crippen LogP contribution in [0.5, 0.6) is 11.5 Å². The van der Waals surface area contributed by atoms with Gasteiger partial charge in [0, 0.05) is 51.6 Å². The molecule has 0 saturated carbocycles. The Hall–Kier alpha value is -2.32. The maximum Gasteiger partial charge on any atom is 0.236 e. The van der Waals surface area contributed by atoms with Gasteiger partial charge >= 0.3 is 0 Å². The number of carbonyl (C=O) groups is 2. The van der Waals surface area contributed by atoms with Gasteiger partial charge in [0.25, 0.3) is 0 Å². The van der Waals surface area contributed by atoms with Gasteiger partial charge in [-0.15, -0.1) is 0 Å². The Morgan fingerprint density at radius 2 is 1.88 bits per heavy atom. The lowest BCUT2D eigenvalue weighted by atomic mass is 9.92. The highest BCUT2D eigenvalue weighted by molar-refractivity contribution is 5.78. The highest BCUT2D eigenvalue weighted by atomic mass is 16.7. The van der Waals surface area contributed by atoms with Crippen LogP contribution < -0.4 is 9.47 Å². The van der Waals surface area contributed by atoms with Gasteiger partial charge in [-0.05, 0) is 61.6 Å². The molecule has 1 aromatic rings. The summed E-state index contributed by atoms with van der Waals surface area (Å²) in [6.45, 7) is 10.5. The van der Waals surface area contributed by atoms with E-state index in [4.69, 9.17) is 9.47 Å². The number of quaternary nitrogens is 1. The van der Waals surface area contributed by atoms with Crippen molar-refractivity contribution in [2.45, 2.75) is 90.0 Å². The predicted octanol–water partition coefficient (Wildman–Crippen LogP) is 4.65. The molecule has 0 aromatic heterocycles. The van der Waals surface area contributed by atoms with Crippen molar-refractivity contribution >= 4 is 11.8 Å². The summed E-state index contributed by atoms with van der Waals surface area (Å²) in [5.74, 6) is 2.69. The van der Waals surface area contributed by atoms with Crippen molar-refractivity contribution < 1.29 is 23.5 Å². The average molecular weight is 572 g/mol. The highest BCUT2D eigenvalue weighted by Crippen LogP contribution is 2.42. The van der Waals surface area contributed by atoms with Gasteiger partial charge in [0.05, 0.1) is 34.2 Å². The number of nitrogens with zero attached hydrogens (tertiary/aromatic N) is 4. The minimum Gasteiger partial charge on any atom is -0.454 e. The zero-order valence-electron chi connectivity index (χ0n) is 26.5. The van der Waals surface area contributed by atoms with Crippen LogP contribution in [0, 0.1) is 0 Å². The summed E-state index contributed by atoms with van der Waals surface area (Å²) < 4.78 is 12.5. The number of hydrogen-bond acceptors (Lipinski definition) is 5. The van der Waals surface area contributed by atoms with E-state index < -0.39 is 0 Å². The molecule has 2 amide bonds. The highest BCUT2D eigenvalue weighted by Gasteiger charge is 2.36. The van der Waals surface area contributed by atoms with Gasteiger partial charge in [-0.25, -0.2) is 0 Å². The number of rotatable bonds is 16. The van der Waals surface area contributed by atoms with E-state index in [2.05, 4.69) is 56.9 Å². The Morgan fingerprint density at radius 3 is 2.59 bits per heavy atom. The van der Waals surface area contributed by atoms with Crippen LogP contribution in [0.2, 0.25) is 0 Å². The number of hydrogen-bond donors (Lipinski definition) is 0. The Bertz CT molecular complexity index is 1020. The van der Waals surface area contributed by atoms with Crippen LogP contribution in [-0.2, 0) is 16.0 Å². The van der Waals surface area contributed by atoms with Crippen LogP contribution in [0.4, 0.5) is 0 Å². The smallest absolute Gasteiger partial charge is 0.236 e. The molecule has 2 unspecified atom stereocenters. The molecule has 3 heterocycles. The van der Waals surface area contributed by atoms with E-state index in [0.717, 1.165) is 113 Å². The Kier molecular flexibility index (Phi) is 11.4. The molecular formula is C33H55N4O4+. The number of carbonyl (C=O) groups excluding carboxylic acids is 2. The van der Waals surface area contributed by atoms with Crippen LogP contribution in [0.25, 0.3) is 0 Å². The second-order valence-corrected chi connectivity index (χ2v) is 13.4. The number of likely N-dealkylation sites (tertiary alicyclic amines) is 2. The summed E-state index contributed by atoms with van der Waals surface area (Å²) in [6, 6.07) is 4.84. The maximum absolute atomic E-state index is 13.8. The Morgan fingerprint density at radius 1 is 1.07 bits per heavy atom. The summed E-state index contributed by atoms with van der Waals surface area (Å²) in [7, 11) is 6.64. The molecule has 4 rings (SSSR count). The molecule has 3 aliphatic rings. The topological polar surface area (TPSA) is 62.3 Å². The first-order chi connectivity index (χ1) is 19.7. The molecule has 230 valence electrons. The summed E-state index contributed by atoms with van der Waals surface area (Å²) in [5, 5.41) is 0. The van der Waals surface area contributed by atoms with Crippen LogP contribution in [0.3, 0.4) is 0 Å². The molecule has 1 aromatic carbocycles. The number of benzene rings is 1. The van der Waals surface area contributed by atoms with E-state index in [9.17, 15) is 9.59 Å². The van der Waals surface area contributed by atoms with Gasteiger partial charge in [0.1, 0.15) is 0 Å². The Labute approximate surface area is 248 Å². The molecule has 0 aliphatic carbocycles. The van der Waals surface area contributed by atoms with E-state index in [1.807, 2.05) is 4.90 Å². The SMILES string of the molecule is CCCCN(CCC[N+](C)(C)C)C(=O)CN1CC(c2cc(CCC)c3c(c2)OCO3)CC1CCCN1CCCC1=O. The fourth-order valence-corrected chi connectivity index (χ4v) is 6.70. The second kappa shape index (κ2) is 14.7. The monoisotopic (exact) mass is 571 g/mol. The molecular weight excluding hydrogens is 516 g/mol. The van der Waals surface area contributed by atoms with Crippen LogP contribution in [-0.4, -0.2) is 111 Å². The van der Waals surface area contributed by atoms with Crippen molar-refractivity contribution in [2.75, 3.05) is 73.7 Å². The third-order valence-corrected chi connectivity index (χ3v) is 8.96. The van der Waals surface area contributed by atoms with Gasteiger partial charge in [-0.2, -0.15) is 0 Å². The first kappa shape index (κ1) is 31.6. The molecule has 8 nitrogen and oxygen atoms in total. The van der Waals surface area contributed by atoms with Crippen LogP contribution >= 0.6 is 0 Å². The van der Waals surface area contributed by atoms with Gasteiger partial charge < -0.3 is 23.8 Å². The fraction of sp³-hybridized carbons (Fsp3) is 0.758. The molecule has 3 aliphatic heterocycles. The summed E-state index contributed by atoms with van der Waals surface area (Å²) in [4.78, 5) is 32.5. The Balaban J connectivity index is 1.46. The summed E-state index contributed by atoms with van der Waals surface area (Å²) >= 11 is 0. The molecule has 2 atom stereocenters. The van der Waals surface area contributed by atoms with Gasteiger partial charge in [-0.1, -0.05) is 32.8 Å². The minimum atomic E-state index is 0.262. The molecule has 0 N–H and O–H groups in total.